The van der Waals surface area contributed by atoms with Gasteiger partial charge in [-0.2, -0.15) is 0 Å². The summed E-state index contributed by atoms with van der Waals surface area (Å²) < 4.78 is 69.0. The number of hydrogen-bond acceptors (Lipinski definition) is 15. The summed E-state index contributed by atoms with van der Waals surface area (Å²) in [6, 6.07) is 0. The molecule has 0 bridgehead atoms. The summed E-state index contributed by atoms with van der Waals surface area (Å²) >= 11 is 0. The molecule has 0 aliphatic heterocycles. The lowest BCUT2D eigenvalue weighted by Crippen LogP contribution is -2.30. The maximum absolute atomic E-state index is 13.2. The standard InChI is InChI=1S/C88H172O17P2/c1-6-9-12-15-18-21-24-27-29-31-32-33-34-35-39-44-49-54-59-64-69-74-88(93)105-84(78-99-86(91)72-67-62-57-52-47-42-40-36-37-41-45-50-55-60-65-70-81(4)5)80-103-107(96,97)101-76-82(89)75-100-106(94,95)102-79-83(77-98-85(90)71-66-61-56-51-46-26-23-20-17-14-11-8-3)104-87(92)73-68-63-58-53-48-43-38-30-28-25-22-19-16-13-10-7-2/h81-84,89H,6-80H2,1-5H3,(H,94,95)(H,96,97)/t82-,83+,84+/m0/s1. The van der Waals surface area contributed by atoms with Crippen LogP contribution in [0.15, 0.2) is 0 Å². The third-order valence-electron chi connectivity index (χ3n) is 20.8. The molecule has 17 nitrogen and oxygen atoms in total. The lowest BCUT2D eigenvalue weighted by Gasteiger charge is -2.21. The van der Waals surface area contributed by atoms with Crippen LogP contribution in [0.3, 0.4) is 0 Å². The molecule has 107 heavy (non-hydrogen) atoms. The van der Waals surface area contributed by atoms with E-state index in [0.717, 1.165) is 95.8 Å². The lowest BCUT2D eigenvalue weighted by atomic mass is 10.0. The number of hydrogen-bond donors (Lipinski definition) is 3. The van der Waals surface area contributed by atoms with E-state index in [1.54, 1.807) is 0 Å². The summed E-state index contributed by atoms with van der Waals surface area (Å²) in [7, 11) is -9.93. The second kappa shape index (κ2) is 80.7. The van der Waals surface area contributed by atoms with E-state index in [2.05, 4.69) is 34.6 Å². The van der Waals surface area contributed by atoms with Gasteiger partial charge in [0.05, 0.1) is 26.4 Å². The molecule has 0 spiro atoms. The normalized spacial score (nSPS) is 13.7. The Hall–Kier alpha value is -1.94. The number of ether oxygens (including phenoxy) is 4. The molecule has 0 aromatic carbocycles. The number of unbranched alkanes of at least 4 members (excludes halogenated alkanes) is 60. The third-order valence-corrected chi connectivity index (χ3v) is 22.7. The molecule has 636 valence electrons. The van der Waals surface area contributed by atoms with Crippen molar-refractivity contribution in [3.05, 3.63) is 0 Å². The van der Waals surface area contributed by atoms with Gasteiger partial charge in [0.2, 0.25) is 0 Å². The van der Waals surface area contributed by atoms with E-state index in [0.29, 0.717) is 25.7 Å². The van der Waals surface area contributed by atoms with Crippen LogP contribution < -0.4 is 0 Å². The molecule has 5 atom stereocenters. The van der Waals surface area contributed by atoms with E-state index in [9.17, 15) is 43.2 Å². The molecule has 0 aliphatic rings. The van der Waals surface area contributed by atoms with Gasteiger partial charge in [0.1, 0.15) is 19.3 Å². The summed E-state index contributed by atoms with van der Waals surface area (Å²) in [4.78, 5) is 73.3. The first kappa shape index (κ1) is 105. The fraction of sp³-hybridized carbons (Fsp3) is 0.955. The molecule has 19 heteroatoms. The number of carbonyl (C=O) groups excluding carboxylic acids is 4. The molecule has 0 fully saturated rings. The first-order chi connectivity index (χ1) is 52.0. The highest BCUT2D eigenvalue weighted by Gasteiger charge is 2.30. The zero-order valence-corrected chi connectivity index (χ0v) is 72.1. The van der Waals surface area contributed by atoms with Crippen molar-refractivity contribution < 1.29 is 80.2 Å². The lowest BCUT2D eigenvalue weighted by molar-refractivity contribution is -0.161. The van der Waals surface area contributed by atoms with Crippen LogP contribution in [0.5, 0.6) is 0 Å². The van der Waals surface area contributed by atoms with Crippen molar-refractivity contribution in [2.75, 3.05) is 39.6 Å². The van der Waals surface area contributed by atoms with E-state index >= 15 is 0 Å². The predicted octanol–water partition coefficient (Wildman–Crippen LogP) is 27.2. The number of aliphatic hydroxyl groups excluding tert-OH is 1. The number of aliphatic hydroxyl groups is 1. The highest BCUT2D eigenvalue weighted by Crippen LogP contribution is 2.45. The highest BCUT2D eigenvalue weighted by atomic mass is 31.2. The Bertz CT molecular complexity index is 2030. The van der Waals surface area contributed by atoms with Crippen molar-refractivity contribution in [2.45, 2.75) is 496 Å². The van der Waals surface area contributed by atoms with Crippen molar-refractivity contribution in [1.82, 2.24) is 0 Å². The second-order valence-electron chi connectivity index (χ2n) is 32.1. The van der Waals surface area contributed by atoms with Crippen molar-refractivity contribution >= 4 is 39.5 Å². The van der Waals surface area contributed by atoms with Gasteiger partial charge < -0.3 is 33.8 Å². The van der Waals surface area contributed by atoms with E-state index in [1.807, 2.05) is 0 Å². The zero-order chi connectivity index (χ0) is 78.3. The van der Waals surface area contributed by atoms with E-state index in [1.165, 1.54) is 302 Å². The fourth-order valence-electron chi connectivity index (χ4n) is 13.8. The van der Waals surface area contributed by atoms with Crippen molar-refractivity contribution in [3.63, 3.8) is 0 Å². The van der Waals surface area contributed by atoms with Crippen LogP contribution in [0.4, 0.5) is 0 Å². The van der Waals surface area contributed by atoms with Gasteiger partial charge in [0, 0.05) is 25.7 Å². The van der Waals surface area contributed by atoms with E-state index < -0.39 is 97.5 Å². The smallest absolute Gasteiger partial charge is 0.462 e. The molecule has 0 saturated heterocycles. The number of rotatable bonds is 88. The van der Waals surface area contributed by atoms with Gasteiger partial charge in [-0.25, -0.2) is 9.13 Å². The molecule has 2 unspecified atom stereocenters. The molecule has 3 N–H and O–H groups in total. The Balaban J connectivity index is 5.25. The molecule has 0 rings (SSSR count). The molecule has 0 aliphatic carbocycles. The van der Waals surface area contributed by atoms with Crippen LogP contribution >= 0.6 is 15.6 Å². The van der Waals surface area contributed by atoms with Crippen LogP contribution in [-0.4, -0.2) is 96.7 Å². The van der Waals surface area contributed by atoms with Crippen LogP contribution in [-0.2, 0) is 65.4 Å². The molecule has 0 aromatic rings. The third kappa shape index (κ3) is 81.9. The van der Waals surface area contributed by atoms with E-state index in [4.69, 9.17) is 37.0 Å². The summed E-state index contributed by atoms with van der Waals surface area (Å²) in [6.45, 7) is 7.41. The van der Waals surface area contributed by atoms with Gasteiger partial charge in [-0.3, -0.25) is 37.3 Å². The average Bonchev–Trinajstić information content (AvgIpc) is 0.901. The van der Waals surface area contributed by atoms with Gasteiger partial charge in [-0.15, -0.1) is 0 Å². The number of phosphoric ester groups is 2. The van der Waals surface area contributed by atoms with Gasteiger partial charge in [0.25, 0.3) is 0 Å². The Morgan fingerprint density at radius 1 is 0.252 bits per heavy atom. The first-order valence-corrected chi connectivity index (χ1v) is 48.6. The number of phosphoric acid groups is 2. The van der Waals surface area contributed by atoms with Gasteiger partial charge in [0.15, 0.2) is 12.2 Å². The van der Waals surface area contributed by atoms with E-state index in [-0.39, 0.29) is 25.7 Å². The number of carbonyl (C=O) groups is 4. The summed E-state index contributed by atoms with van der Waals surface area (Å²) in [5, 5.41) is 10.7. The Morgan fingerprint density at radius 3 is 0.636 bits per heavy atom. The molecular formula is C88H172O17P2. The minimum absolute atomic E-state index is 0.109. The first-order valence-electron chi connectivity index (χ1n) is 45.6. The monoisotopic (exact) mass is 1560 g/mol. The highest BCUT2D eigenvalue weighted by molar-refractivity contribution is 7.47. The van der Waals surface area contributed by atoms with Crippen molar-refractivity contribution in [3.8, 4) is 0 Å². The van der Waals surface area contributed by atoms with Gasteiger partial charge in [-0.1, -0.05) is 426 Å². The van der Waals surface area contributed by atoms with Gasteiger partial charge in [-0.05, 0) is 31.6 Å². The quantitative estimate of drug-likeness (QED) is 0.0222. The molecule has 0 saturated carbocycles. The Kier molecular flexibility index (Phi) is 79.2. The number of esters is 4. The fourth-order valence-corrected chi connectivity index (χ4v) is 15.4. The maximum atomic E-state index is 13.2. The topological polar surface area (TPSA) is 237 Å². The summed E-state index contributed by atoms with van der Waals surface area (Å²) in [6.07, 6.45) is 74.9. The minimum atomic E-state index is -4.97. The van der Waals surface area contributed by atoms with Crippen molar-refractivity contribution in [1.29, 1.82) is 0 Å². The Labute approximate surface area is 658 Å². The molecule has 0 radical (unpaired) electrons. The SMILES string of the molecule is CCCCCCCCCCCCCCCCCCCCCCCC(=O)O[C@H](COC(=O)CCCCCCCCCCCCCCCCCC(C)C)COP(=O)(O)OC[C@@H](O)COP(=O)(O)OC[C@@H](COC(=O)CCCCCCCCCCCCCC)OC(=O)CCCCCCCCCCCCCCCCCC. The largest absolute Gasteiger partial charge is 0.472 e. The molecule has 0 amide bonds. The minimum Gasteiger partial charge on any atom is -0.462 e. The van der Waals surface area contributed by atoms with Crippen LogP contribution in [0.1, 0.15) is 478 Å². The maximum Gasteiger partial charge on any atom is 0.472 e. The van der Waals surface area contributed by atoms with Crippen LogP contribution in [0.2, 0.25) is 0 Å². The Morgan fingerprint density at radius 2 is 0.430 bits per heavy atom. The summed E-state index contributed by atoms with van der Waals surface area (Å²) in [5.41, 5.74) is 0. The molecule has 0 heterocycles. The molecular weight excluding hydrogens is 1390 g/mol. The van der Waals surface area contributed by atoms with Crippen molar-refractivity contribution in [2.24, 2.45) is 5.92 Å². The molecule has 0 aromatic heterocycles. The summed E-state index contributed by atoms with van der Waals surface area (Å²) in [5.74, 6) is -1.29. The van der Waals surface area contributed by atoms with Crippen LogP contribution in [0, 0.1) is 5.92 Å². The zero-order valence-electron chi connectivity index (χ0n) is 70.3. The second-order valence-corrected chi connectivity index (χ2v) is 35.0. The van der Waals surface area contributed by atoms with Crippen LogP contribution in [0.25, 0.3) is 0 Å². The average molecular weight is 1560 g/mol. The van der Waals surface area contributed by atoms with Gasteiger partial charge >= 0.3 is 39.5 Å². The predicted molar refractivity (Wildman–Crippen MR) is 442 cm³/mol.